The molecule has 5 fully saturated rings. The number of esters is 1. The van der Waals surface area contributed by atoms with Crippen molar-refractivity contribution >= 4 is 12.1 Å². The van der Waals surface area contributed by atoms with Crippen LogP contribution in [0.15, 0.2) is 11.6 Å². The second-order valence-corrected chi connectivity index (χ2v) is 13.1. The first-order valence-corrected chi connectivity index (χ1v) is 14.3. The number of nitrogens with zero attached hydrogens (tertiary/aromatic N) is 1. The highest BCUT2D eigenvalue weighted by molar-refractivity contribution is 5.85. The molecule has 2 heterocycles. The number of ether oxygens (including phenoxy) is 2. The third-order valence-electron chi connectivity index (χ3n) is 11.4. The molecule has 0 spiro atoms. The van der Waals surface area contributed by atoms with Crippen LogP contribution >= 0.6 is 0 Å². The molecule has 0 aromatic heterocycles. The average Bonchev–Trinajstić information content (AvgIpc) is 3.41. The number of aliphatic hydroxyl groups is 5. The summed E-state index contributed by atoms with van der Waals surface area (Å²) in [7, 11) is 0. The first kappa shape index (κ1) is 26.5. The molecule has 38 heavy (non-hydrogen) atoms. The van der Waals surface area contributed by atoms with Crippen molar-refractivity contribution in [3.8, 4) is 0 Å². The van der Waals surface area contributed by atoms with E-state index < -0.39 is 64.4 Å². The minimum Gasteiger partial charge on any atom is -0.458 e. The van der Waals surface area contributed by atoms with E-state index in [0.717, 1.165) is 24.8 Å². The van der Waals surface area contributed by atoms with Gasteiger partial charge in [-0.05, 0) is 68.8 Å². The number of hydrogen-bond donors (Lipinski definition) is 5. The fourth-order valence-electron chi connectivity index (χ4n) is 9.50. The summed E-state index contributed by atoms with van der Waals surface area (Å²) in [6, 6.07) is 0. The van der Waals surface area contributed by atoms with Crippen LogP contribution in [-0.4, -0.2) is 97.3 Å². The van der Waals surface area contributed by atoms with Crippen molar-refractivity contribution in [1.29, 1.82) is 0 Å². The average molecular weight is 536 g/mol. The van der Waals surface area contributed by atoms with Crippen molar-refractivity contribution in [2.24, 2.45) is 23.2 Å². The Kier molecular flexibility index (Phi) is 6.20. The molecule has 0 radical (unpaired) electrons. The molecule has 2 aliphatic heterocycles. The lowest BCUT2D eigenvalue weighted by molar-refractivity contribution is -0.334. The van der Waals surface area contributed by atoms with Crippen LogP contribution in [0.1, 0.15) is 71.1 Å². The molecular weight excluding hydrogens is 494 g/mol. The molecule has 6 aliphatic rings. The fourth-order valence-corrected chi connectivity index (χ4v) is 9.50. The van der Waals surface area contributed by atoms with Gasteiger partial charge in [0.25, 0.3) is 0 Å². The number of likely N-dealkylation sites (tertiary alicyclic amines) is 1. The molecule has 5 N–H and O–H groups in total. The molecule has 1 amide bonds. The maximum Gasteiger partial charge on any atom is 0.410 e. The molecule has 4 aliphatic carbocycles. The van der Waals surface area contributed by atoms with Crippen LogP contribution in [0.3, 0.4) is 0 Å². The van der Waals surface area contributed by atoms with Crippen molar-refractivity contribution in [2.45, 2.75) is 106 Å². The van der Waals surface area contributed by atoms with Crippen molar-refractivity contribution in [3.63, 3.8) is 0 Å². The fraction of sp³-hybridized carbons (Fsp3) is 0.857. The Morgan fingerprint density at radius 2 is 1.82 bits per heavy atom. The van der Waals surface area contributed by atoms with Crippen LogP contribution < -0.4 is 0 Å². The van der Waals surface area contributed by atoms with Gasteiger partial charge < -0.3 is 39.9 Å². The number of fused-ring (bicyclic) bond motifs is 5. The maximum atomic E-state index is 12.7. The Morgan fingerprint density at radius 1 is 1.08 bits per heavy atom. The third-order valence-corrected chi connectivity index (χ3v) is 11.4. The summed E-state index contributed by atoms with van der Waals surface area (Å²) in [6.45, 7) is 3.35. The van der Waals surface area contributed by atoms with Gasteiger partial charge >= 0.3 is 12.1 Å². The van der Waals surface area contributed by atoms with E-state index in [1.165, 1.54) is 6.08 Å². The van der Waals surface area contributed by atoms with E-state index >= 15 is 0 Å². The van der Waals surface area contributed by atoms with E-state index in [2.05, 4.69) is 0 Å². The number of amides is 1. The highest BCUT2D eigenvalue weighted by Gasteiger charge is 2.75. The van der Waals surface area contributed by atoms with Gasteiger partial charge in [-0.2, -0.15) is 0 Å². The zero-order valence-electron chi connectivity index (χ0n) is 22.1. The van der Waals surface area contributed by atoms with Crippen LogP contribution in [0, 0.1) is 23.2 Å². The minimum absolute atomic E-state index is 0.0409. The summed E-state index contributed by atoms with van der Waals surface area (Å²) in [6.07, 6.45) is 2.15. The first-order valence-electron chi connectivity index (χ1n) is 14.3. The molecule has 10 atom stereocenters. The number of piperidine rings is 1. The lowest BCUT2D eigenvalue weighted by Gasteiger charge is -2.66. The Balaban J connectivity index is 1.26. The van der Waals surface area contributed by atoms with Crippen LogP contribution in [0.2, 0.25) is 0 Å². The van der Waals surface area contributed by atoms with Gasteiger partial charge in [-0.3, -0.25) is 0 Å². The number of aliphatic hydroxyl groups excluding tert-OH is 2. The standard InChI is InChI=1S/C28H41NO9/c1-25-14-20(30)23-19(27(25,35)8-6-18(25)16-11-22(32)37-15-16)5-7-26(34)13-17(12-21(31)28(23,26)36)38-24(33)29-9-3-2-4-10-29/h11,17-21,23,30-31,34-36H,2-10,12-15H2,1H3/t17-,18+,19?,20?,21+,23?,25+,26-,27-,28?/m0/s1. The van der Waals surface area contributed by atoms with Gasteiger partial charge in [0.2, 0.25) is 0 Å². The van der Waals surface area contributed by atoms with E-state index in [0.29, 0.717) is 32.4 Å². The lowest BCUT2D eigenvalue weighted by Crippen LogP contribution is -2.78. The Hall–Kier alpha value is -1.72. The van der Waals surface area contributed by atoms with E-state index in [1.54, 1.807) is 4.90 Å². The predicted octanol–water partition coefficient (Wildman–Crippen LogP) is 1.02. The number of rotatable bonds is 2. The first-order chi connectivity index (χ1) is 17.9. The van der Waals surface area contributed by atoms with Gasteiger partial charge in [-0.1, -0.05) is 6.92 Å². The zero-order chi connectivity index (χ0) is 27.1. The van der Waals surface area contributed by atoms with E-state index in [9.17, 15) is 35.1 Å². The highest BCUT2D eigenvalue weighted by Crippen LogP contribution is 2.68. The third kappa shape index (κ3) is 3.56. The summed E-state index contributed by atoms with van der Waals surface area (Å²) >= 11 is 0. The van der Waals surface area contributed by atoms with Gasteiger partial charge in [-0.25, -0.2) is 9.59 Å². The Labute approximate surface area is 222 Å². The summed E-state index contributed by atoms with van der Waals surface area (Å²) in [5.74, 6) is -2.07. The normalized spacial score (nSPS) is 50.4. The molecule has 4 saturated carbocycles. The molecular formula is C28H41NO9. The van der Waals surface area contributed by atoms with Crippen LogP contribution in [0.5, 0.6) is 0 Å². The molecule has 0 aromatic carbocycles. The monoisotopic (exact) mass is 535 g/mol. The summed E-state index contributed by atoms with van der Waals surface area (Å²) < 4.78 is 10.8. The number of carbonyl (C=O) groups is 2. The number of carbonyl (C=O) groups excluding carboxylic acids is 2. The van der Waals surface area contributed by atoms with E-state index in [1.807, 2.05) is 6.92 Å². The van der Waals surface area contributed by atoms with Gasteiger partial charge in [0.05, 0.1) is 23.4 Å². The minimum atomic E-state index is -2.07. The lowest BCUT2D eigenvalue weighted by atomic mass is 9.43. The van der Waals surface area contributed by atoms with Gasteiger partial charge in [0, 0.05) is 43.3 Å². The second-order valence-electron chi connectivity index (χ2n) is 13.1. The topological polar surface area (TPSA) is 157 Å². The van der Waals surface area contributed by atoms with Gasteiger partial charge in [0.1, 0.15) is 18.3 Å². The van der Waals surface area contributed by atoms with Crippen molar-refractivity contribution in [2.75, 3.05) is 19.7 Å². The van der Waals surface area contributed by atoms with E-state index in [4.69, 9.17) is 9.47 Å². The summed E-state index contributed by atoms with van der Waals surface area (Å²) in [5.41, 5.74) is -5.05. The predicted molar refractivity (Wildman–Crippen MR) is 132 cm³/mol. The summed E-state index contributed by atoms with van der Waals surface area (Å²) in [4.78, 5) is 26.1. The number of hydrogen-bond acceptors (Lipinski definition) is 9. The number of cyclic esters (lactones) is 1. The second kappa shape index (κ2) is 8.89. The Morgan fingerprint density at radius 3 is 2.50 bits per heavy atom. The van der Waals surface area contributed by atoms with Gasteiger partial charge in [0.15, 0.2) is 0 Å². The van der Waals surface area contributed by atoms with Crippen molar-refractivity contribution in [3.05, 3.63) is 11.6 Å². The maximum absolute atomic E-state index is 12.7. The zero-order valence-corrected chi connectivity index (χ0v) is 22.1. The van der Waals surface area contributed by atoms with E-state index in [-0.39, 0.29) is 38.2 Å². The molecule has 10 nitrogen and oxygen atoms in total. The Bertz CT molecular complexity index is 1030. The quantitative estimate of drug-likeness (QED) is 0.326. The molecule has 0 bridgehead atoms. The molecule has 6 rings (SSSR count). The SMILES string of the molecule is C[C@]12CC(O)C3C(CC[C@]4(O)C[C@@H](OC(=O)N5CCCCC5)C[C@@H](O)C34O)[C@@]1(O)CC[C@@H]2C1=CC(=O)OC1. The van der Waals surface area contributed by atoms with Gasteiger partial charge in [-0.15, -0.1) is 0 Å². The molecule has 212 valence electrons. The molecule has 1 saturated heterocycles. The molecule has 4 unspecified atom stereocenters. The van der Waals surface area contributed by atoms with Crippen molar-refractivity contribution < 1.29 is 44.6 Å². The van der Waals surface area contributed by atoms with Crippen LogP contribution in [0.4, 0.5) is 4.79 Å². The van der Waals surface area contributed by atoms with Crippen molar-refractivity contribution in [1.82, 2.24) is 4.90 Å². The highest BCUT2D eigenvalue weighted by atomic mass is 16.6. The van der Waals surface area contributed by atoms with Crippen LogP contribution in [0.25, 0.3) is 0 Å². The largest absolute Gasteiger partial charge is 0.458 e. The van der Waals surface area contributed by atoms with Crippen LogP contribution in [-0.2, 0) is 14.3 Å². The summed E-state index contributed by atoms with van der Waals surface area (Å²) in [5, 5.41) is 59.1. The molecule has 0 aromatic rings. The smallest absolute Gasteiger partial charge is 0.410 e. The molecule has 10 heteroatoms.